The Morgan fingerprint density at radius 2 is 2.05 bits per heavy atom. The van der Waals surface area contributed by atoms with Crippen LogP contribution in [-0.2, 0) is 0 Å². The molecule has 1 aromatic heterocycles. The van der Waals surface area contributed by atoms with Gasteiger partial charge in [-0.2, -0.15) is 5.10 Å². The largest absolute Gasteiger partial charge is 0.344 e. The smallest absolute Gasteiger partial charge is 0.243 e. The van der Waals surface area contributed by atoms with Crippen molar-refractivity contribution in [2.24, 2.45) is 0 Å². The number of rotatable bonds is 2. The number of carbonyl (C=O) groups excluding carboxylic acids is 1. The molecular formula is C16H15N3O. The van der Waals surface area contributed by atoms with Gasteiger partial charge in [0.1, 0.15) is 0 Å². The minimum absolute atomic E-state index is 0.0865. The van der Waals surface area contributed by atoms with E-state index in [9.17, 15) is 4.79 Å². The second-order valence-electron chi connectivity index (χ2n) is 4.67. The highest BCUT2D eigenvalue weighted by Gasteiger charge is 2.11. The third-order valence-electron chi connectivity index (χ3n) is 3.22. The average Bonchev–Trinajstić information content (AvgIpc) is 2.98. The molecule has 0 saturated carbocycles. The molecule has 0 unspecified atom stereocenters. The van der Waals surface area contributed by atoms with Gasteiger partial charge in [0, 0.05) is 42.7 Å². The van der Waals surface area contributed by atoms with Crippen molar-refractivity contribution < 1.29 is 4.79 Å². The lowest BCUT2D eigenvalue weighted by atomic mass is 10.1. The fraction of sp³-hybridized carbons (Fsp3) is 0.125. The third-order valence-corrected chi connectivity index (χ3v) is 3.22. The zero-order chi connectivity index (χ0) is 13.9. The Kier molecular flexibility index (Phi) is 3.21. The fourth-order valence-corrected chi connectivity index (χ4v) is 2.17. The molecule has 20 heavy (non-hydrogen) atoms. The van der Waals surface area contributed by atoms with Crippen molar-refractivity contribution in [3.63, 3.8) is 0 Å². The lowest BCUT2D eigenvalue weighted by Gasteiger charge is -2.23. The number of hydrogen-bond acceptors (Lipinski definition) is 3. The molecule has 1 aromatic carbocycles. The molecule has 0 saturated heterocycles. The van der Waals surface area contributed by atoms with Gasteiger partial charge in [0.15, 0.2) is 0 Å². The van der Waals surface area contributed by atoms with E-state index in [1.807, 2.05) is 18.2 Å². The number of hydrogen-bond donors (Lipinski definition) is 0. The van der Waals surface area contributed by atoms with Crippen LogP contribution in [0, 0.1) is 0 Å². The SMILES string of the molecule is CC(=O)n1cc(C2=CN(c3ccccc3)CC=C2)cn1. The minimum atomic E-state index is -0.0865. The van der Waals surface area contributed by atoms with Crippen LogP contribution in [0.5, 0.6) is 0 Å². The summed E-state index contributed by atoms with van der Waals surface area (Å²) in [5, 5.41) is 4.06. The van der Waals surface area contributed by atoms with Crippen LogP contribution >= 0.6 is 0 Å². The van der Waals surface area contributed by atoms with Crippen LogP contribution in [0.25, 0.3) is 5.57 Å². The number of aromatic nitrogens is 2. The van der Waals surface area contributed by atoms with Gasteiger partial charge in [-0.05, 0) is 12.1 Å². The Labute approximate surface area is 117 Å². The molecule has 2 heterocycles. The van der Waals surface area contributed by atoms with Crippen molar-refractivity contribution in [1.29, 1.82) is 0 Å². The highest BCUT2D eigenvalue weighted by atomic mass is 16.2. The Morgan fingerprint density at radius 3 is 2.75 bits per heavy atom. The molecule has 100 valence electrons. The van der Waals surface area contributed by atoms with Crippen LogP contribution in [-0.4, -0.2) is 22.2 Å². The van der Waals surface area contributed by atoms with Gasteiger partial charge in [0.05, 0.1) is 6.20 Å². The van der Waals surface area contributed by atoms with Crippen LogP contribution in [0.1, 0.15) is 17.3 Å². The quantitative estimate of drug-likeness (QED) is 0.838. The maximum atomic E-state index is 11.3. The molecule has 0 spiro atoms. The predicted molar refractivity (Wildman–Crippen MR) is 79.4 cm³/mol. The van der Waals surface area contributed by atoms with Crippen LogP contribution in [0.3, 0.4) is 0 Å². The van der Waals surface area contributed by atoms with Gasteiger partial charge in [0.2, 0.25) is 5.91 Å². The molecule has 1 aliphatic heterocycles. The highest BCUT2D eigenvalue weighted by molar-refractivity contribution is 5.80. The summed E-state index contributed by atoms with van der Waals surface area (Å²) in [5.74, 6) is -0.0865. The van der Waals surface area contributed by atoms with Gasteiger partial charge in [-0.15, -0.1) is 0 Å². The summed E-state index contributed by atoms with van der Waals surface area (Å²) in [4.78, 5) is 13.4. The van der Waals surface area contributed by atoms with Gasteiger partial charge >= 0.3 is 0 Å². The number of nitrogens with zero attached hydrogens (tertiary/aromatic N) is 3. The predicted octanol–water partition coefficient (Wildman–Crippen LogP) is 2.96. The van der Waals surface area contributed by atoms with E-state index in [2.05, 4.69) is 40.5 Å². The first kappa shape index (κ1) is 12.4. The van der Waals surface area contributed by atoms with Crippen molar-refractivity contribution in [1.82, 2.24) is 9.78 Å². The monoisotopic (exact) mass is 265 g/mol. The number of benzene rings is 1. The zero-order valence-electron chi connectivity index (χ0n) is 11.2. The molecule has 4 heteroatoms. The Morgan fingerprint density at radius 1 is 1.25 bits per heavy atom. The molecule has 0 amide bonds. The van der Waals surface area contributed by atoms with Gasteiger partial charge in [-0.25, -0.2) is 4.68 Å². The molecule has 1 aliphatic rings. The number of para-hydroxylation sites is 1. The van der Waals surface area contributed by atoms with E-state index in [1.165, 1.54) is 11.6 Å². The molecule has 2 aromatic rings. The van der Waals surface area contributed by atoms with Gasteiger partial charge in [-0.3, -0.25) is 4.79 Å². The van der Waals surface area contributed by atoms with E-state index >= 15 is 0 Å². The number of carbonyl (C=O) groups is 1. The molecule has 0 N–H and O–H groups in total. The fourth-order valence-electron chi connectivity index (χ4n) is 2.17. The summed E-state index contributed by atoms with van der Waals surface area (Å²) in [6.45, 7) is 2.34. The second-order valence-corrected chi connectivity index (χ2v) is 4.67. The maximum absolute atomic E-state index is 11.3. The summed E-state index contributed by atoms with van der Waals surface area (Å²) < 4.78 is 1.35. The Balaban J connectivity index is 1.90. The molecule has 0 bridgehead atoms. The van der Waals surface area contributed by atoms with E-state index in [-0.39, 0.29) is 5.91 Å². The summed E-state index contributed by atoms with van der Waals surface area (Å²) in [6, 6.07) is 10.2. The maximum Gasteiger partial charge on any atom is 0.243 e. The van der Waals surface area contributed by atoms with E-state index < -0.39 is 0 Å². The normalized spacial score (nSPS) is 14.2. The summed E-state index contributed by atoms with van der Waals surface area (Å²) >= 11 is 0. The van der Waals surface area contributed by atoms with E-state index in [0.717, 1.165) is 23.4 Å². The van der Waals surface area contributed by atoms with Crippen LogP contribution in [0.2, 0.25) is 0 Å². The van der Waals surface area contributed by atoms with Gasteiger partial charge < -0.3 is 4.90 Å². The number of anilines is 1. The molecule has 0 atom stereocenters. The van der Waals surface area contributed by atoms with Gasteiger partial charge in [-0.1, -0.05) is 30.4 Å². The van der Waals surface area contributed by atoms with Crippen molar-refractivity contribution in [3.8, 4) is 0 Å². The molecule has 0 aliphatic carbocycles. The first-order valence-electron chi connectivity index (χ1n) is 6.50. The number of allylic oxidation sites excluding steroid dienone is 2. The standard InChI is InChI=1S/C16H15N3O/c1-13(20)19-12-15(10-17-19)14-6-5-9-18(11-14)16-7-3-2-4-8-16/h2-8,10-12H,9H2,1H3. The Hall–Kier alpha value is -2.62. The van der Waals surface area contributed by atoms with E-state index in [4.69, 9.17) is 0 Å². The van der Waals surface area contributed by atoms with Crippen molar-refractivity contribution in [3.05, 3.63) is 66.6 Å². The van der Waals surface area contributed by atoms with Crippen molar-refractivity contribution in [2.75, 3.05) is 11.4 Å². The molecule has 0 fully saturated rings. The van der Waals surface area contributed by atoms with Crippen molar-refractivity contribution in [2.45, 2.75) is 6.92 Å². The molecule has 3 rings (SSSR count). The highest BCUT2D eigenvalue weighted by Crippen LogP contribution is 2.23. The lowest BCUT2D eigenvalue weighted by molar-refractivity contribution is 0.0921. The third kappa shape index (κ3) is 2.40. The molecular weight excluding hydrogens is 250 g/mol. The first-order valence-corrected chi connectivity index (χ1v) is 6.50. The second kappa shape index (κ2) is 5.17. The first-order chi connectivity index (χ1) is 9.74. The molecule has 0 radical (unpaired) electrons. The van der Waals surface area contributed by atoms with Crippen LogP contribution in [0.15, 0.2) is 61.1 Å². The topological polar surface area (TPSA) is 38.1 Å². The minimum Gasteiger partial charge on any atom is -0.344 e. The summed E-state index contributed by atoms with van der Waals surface area (Å²) in [6.07, 6.45) is 9.71. The van der Waals surface area contributed by atoms with Crippen LogP contribution < -0.4 is 4.90 Å². The molecule has 4 nitrogen and oxygen atoms in total. The van der Waals surface area contributed by atoms with Gasteiger partial charge in [0.25, 0.3) is 0 Å². The zero-order valence-corrected chi connectivity index (χ0v) is 11.2. The van der Waals surface area contributed by atoms with Crippen molar-refractivity contribution >= 4 is 17.2 Å². The van der Waals surface area contributed by atoms with E-state index in [1.54, 1.807) is 12.4 Å². The van der Waals surface area contributed by atoms with E-state index in [0.29, 0.717) is 0 Å². The summed E-state index contributed by atoms with van der Waals surface area (Å²) in [7, 11) is 0. The average molecular weight is 265 g/mol. The summed E-state index contributed by atoms with van der Waals surface area (Å²) in [5.41, 5.74) is 3.14. The Bertz CT molecular complexity index is 683. The van der Waals surface area contributed by atoms with Crippen LogP contribution in [0.4, 0.5) is 5.69 Å². The lowest BCUT2D eigenvalue weighted by Crippen LogP contribution is -2.18.